The van der Waals surface area contributed by atoms with Crippen LogP contribution in [0.1, 0.15) is 26.7 Å². The quantitative estimate of drug-likeness (QED) is 0.531. The van der Waals surface area contributed by atoms with Gasteiger partial charge in [0.05, 0.1) is 0 Å². The summed E-state index contributed by atoms with van der Waals surface area (Å²) in [6, 6.07) is 0. The molecule has 1 aliphatic heterocycles. The molecule has 0 bridgehead atoms. The van der Waals surface area contributed by atoms with Crippen LogP contribution in [0, 0.1) is 0 Å². The van der Waals surface area contributed by atoms with E-state index in [1.807, 2.05) is 0 Å². The molecule has 0 saturated carbocycles. The molecule has 60 valence electrons. The number of unbranched alkanes of at least 4 members (excludes halogenated alkanes) is 1. The van der Waals surface area contributed by atoms with Crippen LogP contribution < -0.4 is 0 Å². The van der Waals surface area contributed by atoms with Crippen molar-refractivity contribution >= 4 is 0 Å². The van der Waals surface area contributed by atoms with Crippen molar-refractivity contribution < 1.29 is 14.5 Å². The van der Waals surface area contributed by atoms with Gasteiger partial charge >= 0.3 is 0 Å². The van der Waals surface area contributed by atoms with E-state index in [1.165, 1.54) is 25.4 Å². The molecule has 0 fully saturated rings. The Kier molecular flexibility index (Phi) is 7.72. The Morgan fingerprint density at radius 3 is 2.00 bits per heavy atom. The minimum absolute atomic E-state index is 0.191. The third-order valence-electron chi connectivity index (χ3n) is 0.892. The van der Waals surface area contributed by atoms with Gasteiger partial charge in [-0.2, -0.15) is 0 Å². The fraction of sp³-hybridized carbons (Fsp3) is 0.714. The Labute approximate surface area is 61.5 Å². The second-order valence-electron chi connectivity index (χ2n) is 1.77. The molecule has 10 heavy (non-hydrogen) atoms. The van der Waals surface area contributed by atoms with Gasteiger partial charge in [-0.3, -0.25) is 0 Å². The summed E-state index contributed by atoms with van der Waals surface area (Å²) in [5, 5.41) is 0. The third kappa shape index (κ3) is 7.30. The van der Waals surface area contributed by atoms with E-state index in [2.05, 4.69) is 28.4 Å². The summed E-state index contributed by atoms with van der Waals surface area (Å²) in [7, 11) is 0. The fourth-order valence-electron chi connectivity index (χ4n) is 0.196. The first-order valence-corrected chi connectivity index (χ1v) is 3.46. The molecule has 0 N–H and O–H groups in total. The van der Waals surface area contributed by atoms with Crippen molar-refractivity contribution in [3.8, 4) is 0 Å². The first-order valence-electron chi connectivity index (χ1n) is 3.46. The SMILES string of the molecule is C1=COOCO1.CCCC. The summed E-state index contributed by atoms with van der Waals surface area (Å²) in [4.78, 5) is 8.52. The predicted octanol–water partition coefficient (Wildman–Crippen LogP) is 2.20. The van der Waals surface area contributed by atoms with Crippen molar-refractivity contribution in [2.45, 2.75) is 26.7 Å². The van der Waals surface area contributed by atoms with Gasteiger partial charge in [0.25, 0.3) is 0 Å². The van der Waals surface area contributed by atoms with Crippen molar-refractivity contribution in [3.63, 3.8) is 0 Å². The van der Waals surface area contributed by atoms with Gasteiger partial charge in [0, 0.05) is 0 Å². The molecular weight excluding hydrogens is 132 g/mol. The molecule has 3 heteroatoms. The van der Waals surface area contributed by atoms with Gasteiger partial charge in [-0.25, -0.2) is 0 Å². The molecule has 1 rings (SSSR count). The van der Waals surface area contributed by atoms with E-state index in [9.17, 15) is 0 Å². The van der Waals surface area contributed by atoms with Crippen molar-refractivity contribution in [2.75, 3.05) is 6.79 Å². The fourth-order valence-corrected chi connectivity index (χ4v) is 0.196. The number of hydrogen-bond donors (Lipinski definition) is 0. The highest BCUT2D eigenvalue weighted by molar-refractivity contribution is 4.58. The average Bonchev–Trinajstić information content (AvgIpc) is 2.08. The van der Waals surface area contributed by atoms with Crippen molar-refractivity contribution in [1.29, 1.82) is 0 Å². The van der Waals surface area contributed by atoms with E-state index in [0.29, 0.717) is 0 Å². The van der Waals surface area contributed by atoms with Gasteiger partial charge in [-0.05, 0) is 0 Å². The van der Waals surface area contributed by atoms with Crippen LogP contribution in [0.2, 0.25) is 0 Å². The summed E-state index contributed by atoms with van der Waals surface area (Å²) in [6.07, 6.45) is 5.38. The maximum atomic E-state index is 4.54. The number of ether oxygens (including phenoxy) is 1. The highest BCUT2D eigenvalue weighted by Crippen LogP contribution is 1.89. The number of hydrogen-bond acceptors (Lipinski definition) is 3. The van der Waals surface area contributed by atoms with Crippen molar-refractivity contribution in [1.82, 2.24) is 0 Å². The minimum Gasteiger partial charge on any atom is -0.468 e. The van der Waals surface area contributed by atoms with E-state index in [0.717, 1.165) is 0 Å². The smallest absolute Gasteiger partial charge is 0.231 e. The topological polar surface area (TPSA) is 27.7 Å². The van der Waals surface area contributed by atoms with Gasteiger partial charge in [-0.15, -0.1) is 4.89 Å². The van der Waals surface area contributed by atoms with E-state index in [-0.39, 0.29) is 6.79 Å². The zero-order chi connectivity index (χ0) is 7.66. The lowest BCUT2D eigenvalue weighted by Crippen LogP contribution is -1.97. The first-order chi connectivity index (χ1) is 4.91. The maximum absolute atomic E-state index is 4.54. The lowest BCUT2D eigenvalue weighted by atomic mass is 10.4. The molecular formula is C7H14O3. The Morgan fingerprint density at radius 1 is 1.20 bits per heavy atom. The summed E-state index contributed by atoms with van der Waals surface area (Å²) in [5.74, 6) is 0. The monoisotopic (exact) mass is 146 g/mol. The van der Waals surface area contributed by atoms with E-state index >= 15 is 0 Å². The minimum atomic E-state index is 0.191. The Balaban J connectivity index is 0.000000180. The largest absolute Gasteiger partial charge is 0.468 e. The van der Waals surface area contributed by atoms with Crippen molar-refractivity contribution in [2.24, 2.45) is 0 Å². The van der Waals surface area contributed by atoms with E-state index in [1.54, 1.807) is 0 Å². The molecule has 0 aliphatic carbocycles. The van der Waals surface area contributed by atoms with Crippen LogP contribution in [0.3, 0.4) is 0 Å². The molecule has 0 unspecified atom stereocenters. The average molecular weight is 146 g/mol. The zero-order valence-electron chi connectivity index (χ0n) is 6.50. The van der Waals surface area contributed by atoms with Crippen LogP contribution in [0.15, 0.2) is 12.5 Å². The zero-order valence-corrected chi connectivity index (χ0v) is 6.50. The van der Waals surface area contributed by atoms with E-state index < -0.39 is 0 Å². The first kappa shape index (κ1) is 9.30. The maximum Gasteiger partial charge on any atom is 0.231 e. The standard InChI is InChI=1S/C4H10.C3H4O3/c1-3-4-2;1-2-5-6-3-4-1/h3-4H2,1-2H3;1-2H,3H2. The molecule has 0 spiro atoms. The third-order valence-corrected chi connectivity index (χ3v) is 0.892. The lowest BCUT2D eigenvalue weighted by Gasteiger charge is -2.03. The Bertz CT molecular complexity index is 70.9. The van der Waals surface area contributed by atoms with Crippen LogP contribution in [0.5, 0.6) is 0 Å². The van der Waals surface area contributed by atoms with Gasteiger partial charge < -0.3 is 9.62 Å². The normalized spacial score (nSPS) is 14.2. The lowest BCUT2D eigenvalue weighted by molar-refractivity contribution is -0.307. The van der Waals surface area contributed by atoms with E-state index in [4.69, 9.17) is 0 Å². The molecule has 1 heterocycles. The Morgan fingerprint density at radius 2 is 1.90 bits per heavy atom. The van der Waals surface area contributed by atoms with Gasteiger partial charge in [0.1, 0.15) is 6.26 Å². The summed E-state index contributed by atoms with van der Waals surface area (Å²) in [5.41, 5.74) is 0. The molecule has 0 amide bonds. The molecule has 0 aromatic heterocycles. The van der Waals surface area contributed by atoms with Crippen LogP contribution in [0.4, 0.5) is 0 Å². The summed E-state index contributed by atoms with van der Waals surface area (Å²) < 4.78 is 4.54. The molecule has 0 saturated heterocycles. The summed E-state index contributed by atoms with van der Waals surface area (Å²) >= 11 is 0. The second kappa shape index (κ2) is 8.30. The highest BCUT2D eigenvalue weighted by Gasteiger charge is 1.85. The molecule has 0 radical (unpaired) electrons. The van der Waals surface area contributed by atoms with Crippen LogP contribution >= 0.6 is 0 Å². The van der Waals surface area contributed by atoms with Gasteiger partial charge in [0.15, 0.2) is 6.26 Å². The summed E-state index contributed by atoms with van der Waals surface area (Å²) in [6.45, 7) is 4.55. The molecule has 0 atom stereocenters. The van der Waals surface area contributed by atoms with Crippen molar-refractivity contribution in [3.05, 3.63) is 12.5 Å². The molecule has 0 aromatic rings. The van der Waals surface area contributed by atoms with Crippen LogP contribution in [0.25, 0.3) is 0 Å². The Hall–Kier alpha value is -0.700. The number of rotatable bonds is 1. The second-order valence-corrected chi connectivity index (χ2v) is 1.77. The molecule has 1 aliphatic rings. The van der Waals surface area contributed by atoms with Gasteiger partial charge in [-0.1, -0.05) is 26.7 Å². The molecule has 3 nitrogen and oxygen atoms in total. The predicted molar refractivity (Wildman–Crippen MR) is 37.8 cm³/mol. The van der Waals surface area contributed by atoms with Crippen LogP contribution in [-0.2, 0) is 14.5 Å². The van der Waals surface area contributed by atoms with Crippen LogP contribution in [-0.4, -0.2) is 6.79 Å². The molecule has 0 aromatic carbocycles. The highest BCUT2D eigenvalue weighted by atomic mass is 17.2. The van der Waals surface area contributed by atoms with Gasteiger partial charge in [0.2, 0.25) is 6.79 Å².